The van der Waals surface area contributed by atoms with E-state index in [0.717, 1.165) is 54.8 Å². The highest BCUT2D eigenvalue weighted by atomic mass is 32.1. The highest BCUT2D eigenvalue weighted by Gasteiger charge is 2.31. The van der Waals surface area contributed by atoms with Crippen molar-refractivity contribution in [2.45, 2.75) is 51.0 Å². The SMILES string of the molecule is CCC1C(c2ccccc2)=CNC(c2cccc(-c3ccc(C4C=CC=C(C5=Cc6c(sc7ccccc67)CC5)C4)c4c3-c3ccccc3CCO4)c2)=NC1c1ccccc1. The number of amidine groups is 1. The van der Waals surface area contributed by atoms with E-state index in [2.05, 4.69) is 188 Å². The van der Waals surface area contributed by atoms with Gasteiger partial charge in [-0.15, -0.1) is 11.3 Å². The summed E-state index contributed by atoms with van der Waals surface area (Å²) in [6.07, 6.45) is 16.7. The zero-order valence-electron chi connectivity index (χ0n) is 34.5. The molecule has 0 saturated heterocycles. The van der Waals surface area contributed by atoms with Crippen molar-refractivity contribution in [3.8, 4) is 28.0 Å². The summed E-state index contributed by atoms with van der Waals surface area (Å²) in [4.78, 5) is 7.09. The van der Waals surface area contributed by atoms with E-state index in [1.165, 1.54) is 76.2 Å². The normalized spacial score (nSPS) is 19.4. The summed E-state index contributed by atoms with van der Waals surface area (Å²) in [5, 5.41) is 5.11. The molecular formula is C57H48N2OS. The van der Waals surface area contributed by atoms with Crippen LogP contribution < -0.4 is 10.1 Å². The van der Waals surface area contributed by atoms with Crippen LogP contribution in [-0.4, -0.2) is 12.4 Å². The largest absolute Gasteiger partial charge is 0.492 e. The predicted molar refractivity (Wildman–Crippen MR) is 256 cm³/mol. The highest BCUT2D eigenvalue weighted by molar-refractivity contribution is 7.19. The summed E-state index contributed by atoms with van der Waals surface area (Å²) in [5.74, 6) is 2.31. The molecular weight excluding hydrogens is 761 g/mol. The minimum atomic E-state index is -0.0411. The standard InChI is InChI=1S/C57H48N2OS/c1-2-45-51(37-15-5-3-6-16-37)36-58-57(59-55(45)39-18-7-4-8-19-39)44-23-14-21-42(34-44)47-28-29-48(56-54(47)46-24-10-9-17-38(46)31-32-60-56)43-22-13-20-40(33-43)41-27-30-53-50(35-41)49-25-11-12-26-52(49)61-53/h3-26,28-29,34-36,43,45,55H,2,27,30-33H2,1H3,(H,58,59). The van der Waals surface area contributed by atoms with Crippen molar-refractivity contribution in [2.24, 2.45) is 10.9 Å². The number of allylic oxidation sites excluding steroid dienone is 5. The Labute approximate surface area is 363 Å². The fourth-order valence-corrected chi connectivity index (χ4v) is 11.3. The number of ether oxygens (including phenoxy) is 1. The number of nitrogens with one attached hydrogen (secondary N) is 1. The maximum Gasteiger partial charge on any atom is 0.132 e. The van der Waals surface area contributed by atoms with E-state index in [-0.39, 0.29) is 17.9 Å². The number of aryl methyl sites for hydroxylation is 1. The van der Waals surface area contributed by atoms with Gasteiger partial charge in [0.1, 0.15) is 11.6 Å². The second kappa shape index (κ2) is 16.2. The molecule has 3 unspecified atom stereocenters. The van der Waals surface area contributed by atoms with Gasteiger partial charge in [-0.05, 0) is 105 Å². The molecule has 3 atom stereocenters. The number of thiophene rings is 1. The van der Waals surface area contributed by atoms with Gasteiger partial charge in [0.2, 0.25) is 0 Å². The van der Waals surface area contributed by atoms with Crippen LogP contribution in [0, 0.1) is 5.92 Å². The third kappa shape index (κ3) is 6.99. The molecule has 3 nitrogen and oxygen atoms in total. The summed E-state index contributed by atoms with van der Waals surface area (Å²) >= 11 is 1.96. The van der Waals surface area contributed by atoms with E-state index >= 15 is 0 Å². The third-order valence-electron chi connectivity index (χ3n) is 13.2. The van der Waals surface area contributed by atoms with E-state index in [9.17, 15) is 0 Å². The molecule has 6 aromatic carbocycles. The van der Waals surface area contributed by atoms with Crippen molar-refractivity contribution in [1.29, 1.82) is 0 Å². The van der Waals surface area contributed by atoms with Gasteiger partial charge in [0.15, 0.2) is 0 Å². The Morgan fingerprint density at radius 3 is 2.39 bits per heavy atom. The lowest BCUT2D eigenvalue weighted by Gasteiger charge is -2.26. The quantitative estimate of drug-likeness (QED) is 0.174. The summed E-state index contributed by atoms with van der Waals surface area (Å²) in [7, 11) is 0. The molecule has 4 aliphatic rings. The fourth-order valence-electron chi connectivity index (χ4n) is 10.1. The summed E-state index contributed by atoms with van der Waals surface area (Å²) in [6.45, 7) is 2.93. The first kappa shape index (κ1) is 37.5. The molecule has 3 heterocycles. The van der Waals surface area contributed by atoms with Gasteiger partial charge >= 0.3 is 0 Å². The van der Waals surface area contributed by atoms with E-state index in [0.29, 0.717) is 6.61 Å². The lowest BCUT2D eigenvalue weighted by atomic mass is 9.80. The van der Waals surface area contributed by atoms with Crippen molar-refractivity contribution in [3.05, 3.63) is 219 Å². The number of hydrogen-bond acceptors (Lipinski definition) is 4. The van der Waals surface area contributed by atoms with E-state index < -0.39 is 0 Å². The average molecular weight is 809 g/mol. The second-order valence-corrected chi connectivity index (χ2v) is 17.8. The van der Waals surface area contributed by atoms with Crippen molar-refractivity contribution in [2.75, 3.05) is 6.61 Å². The molecule has 0 radical (unpaired) electrons. The van der Waals surface area contributed by atoms with Crippen LogP contribution >= 0.6 is 11.3 Å². The maximum absolute atomic E-state index is 6.94. The summed E-state index contributed by atoms with van der Waals surface area (Å²) in [6, 6.07) is 52.9. The number of fused-ring (bicyclic) bond motifs is 6. The lowest BCUT2D eigenvalue weighted by Crippen LogP contribution is -2.19. The molecule has 1 aromatic heterocycles. The van der Waals surface area contributed by atoms with Gasteiger partial charge < -0.3 is 10.1 Å². The van der Waals surface area contributed by atoms with Crippen LogP contribution in [0.15, 0.2) is 186 Å². The molecule has 298 valence electrons. The number of aliphatic imine (C=N–C) groups is 1. The van der Waals surface area contributed by atoms with E-state index in [4.69, 9.17) is 9.73 Å². The van der Waals surface area contributed by atoms with Crippen LogP contribution in [0.5, 0.6) is 5.75 Å². The smallest absolute Gasteiger partial charge is 0.132 e. The first-order valence-corrected chi connectivity index (χ1v) is 22.7. The fraction of sp³-hybridized carbons (Fsp3) is 0.175. The average Bonchev–Trinajstić information content (AvgIpc) is 3.44. The van der Waals surface area contributed by atoms with Gasteiger partial charge in [0.05, 0.1) is 12.6 Å². The number of hydrogen-bond donors (Lipinski definition) is 1. The maximum atomic E-state index is 6.94. The number of nitrogens with zero attached hydrogens (tertiary/aromatic N) is 1. The molecule has 2 aliphatic heterocycles. The van der Waals surface area contributed by atoms with Gasteiger partial charge in [0, 0.05) is 50.7 Å². The molecule has 0 bridgehead atoms. The minimum Gasteiger partial charge on any atom is -0.492 e. The molecule has 11 rings (SSSR count). The van der Waals surface area contributed by atoms with Crippen LogP contribution in [-0.2, 0) is 12.8 Å². The molecule has 7 aromatic rings. The Morgan fingerprint density at radius 2 is 1.51 bits per heavy atom. The monoisotopic (exact) mass is 808 g/mol. The van der Waals surface area contributed by atoms with Crippen LogP contribution in [0.25, 0.3) is 44.0 Å². The molecule has 0 fully saturated rings. The predicted octanol–water partition coefficient (Wildman–Crippen LogP) is 14.3. The van der Waals surface area contributed by atoms with Crippen LogP contribution in [0.2, 0.25) is 0 Å². The van der Waals surface area contributed by atoms with Crippen molar-refractivity contribution in [1.82, 2.24) is 5.32 Å². The van der Waals surface area contributed by atoms with Crippen LogP contribution in [0.4, 0.5) is 0 Å². The van der Waals surface area contributed by atoms with Gasteiger partial charge in [-0.3, -0.25) is 4.99 Å². The minimum absolute atomic E-state index is 0.0411. The first-order valence-electron chi connectivity index (χ1n) is 21.9. The van der Waals surface area contributed by atoms with Gasteiger partial charge in [-0.1, -0.05) is 159 Å². The zero-order chi connectivity index (χ0) is 40.7. The molecule has 2 aliphatic carbocycles. The summed E-state index contributed by atoms with van der Waals surface area (Å²) < 4.78 is 8.33. The van der Waals surface area contributed by atoms with Gasteiger partial charge in [0.25, 0.3) is 0 Å². The van der Waals surface area contributed by atoms with E-state index in [1.54, 1.807) is 0 Å². The first-order chi connectivity index (χ1) is 30.2. The lowest BCUT2D eigenvalue weighted by molar-refractivity contribution is 0.322. The van der Waals surface area contributed by atoms with Gasteiger partial charge in [-0.25, -0.2) is 0 Å². The number of benzene rings is 6. The summed E-state index contributed by atoms with van der Waals surface area (Å²) in [5.41, 5.74) is 16.5. The topological polar surface area (TPSA) is 33.6 Å². The van der Waals surface area contributed by atoms with Crippen LogP contribution in [0.3, 0.4) is 0 Å². The number of rotatable bonds is 7. The second-order valence-electron chi connectivity index (χ2n) is 16.7. The molecule has 61 heavy (non-hydrogen) atoms. The molecule has 0 amide bonds. The third-order valence-corrected chi connectivity index (χ3v) is 14.4. The zero-order valence-corrected chi connectivity index (χ0v) is 35.3. The Morgan fingerprint density at radius 1 is 0.721 bits per heavy atom. The van der Waals surface area contributed by atoms with Crippen molar-refractivity contribution < 1.29 is 4.74 Å². The molecule has 4 heteroatoms. The van der Waals surface area contributed by atoms with Crippen molar-refractivity contribution >= 4 is 38.9 Å². The van der Waals surface area contributed by atoms with E-state index in [1.807, 2.05) is 11.3 Å². The molecule has 0 saturated carbocycles. The molecule has 1 N–H and O–H groups in total. The highest BCUT2D eigenvalue weighted by Crippen LogP contribution is 2.50. The van der Waals surface area contributed by atoms with Crippen molar-refractivity contribution in [3.63, 3.8) is 0 Å². The van der Waals surface area contributed by atoms with Gasteiger partial charge in [-0.2, -0.15) is 0 Å². The van der Waals surface area contributed by atoms with Crippen LogP contribution in [0.1, 0.15) is 76.4 Å². The Kier molecular flexibility index (Phi) is 9.94. The Bertz CT molecular complexity index is 2950. The Hall–Kier alpha value is -6.49. The molecule has 0 spiro atoms. The Balaban J connectivity index is 0.988.